The van der Waals surface area contributed by atoms with Gasteiger partial charge < -0.3 is 10.3 Å². The van der Waals surface area contributed by atoms with Crippen molar-refractivity contribution in [2.45, 2.75) is 33.7 Å². The van der Waals surface area contributed by atoms with Gasteiger partial charge in [-0.1, -0.05) is 32.1 Å². The lowest BCUT2D eigenvalue weighted by Gasteiger charge is -2.23. The zero-order chi connectivity index (χ0) is 12.3. The highest BCUT2D eigenvalue weighted by molar-refractivity contribution is 7.80. The standard InChI is InChI=1S/C12H18N2OS/c1-9-5-4-7-14(10(9)15)8-6-12(2,3)11(13)16/h4-5,7H,6,8H2,1-3H3,(H2,13,16). The summed E-state index contributed by atoms with van der Waals surface area (Å²) < 4.78 is 1.70. The van der Waals surface area contributed by atoms with E-state index >= 15 is 0 Å². The van der Waals surface area contributed by atoms with Crippen LogP contribution in [0.15, 0.2) is 23.1 Å². The molecular weight excluding hydrogens is 220 g/mol. The summed E-state index contributed by atoms with van der Waals surface area (Å²) in [5, 5.41) is 0. The van der Waals surface area contributed by atoms with Crippen molar-refractivity contribution in [2.24, 2.45) is 11.1 Å². The van der Waals surface area contributed by atoms with Gasteiger partial charge in [0.2, 0.25) is 0 Å². The summed E-state index contributed by atoms with van der Waals surface area (Å²) in [5.74, 6) is 0. The van der Waals surface area contributed by atoms with E-state index < -0.39 is 0 Å². The third kappa shape index (κ3) is 2.92. The summed E-state index contributed by atoms with van der Waals surface area (Å²) in [7, 11) is 0. The largest absolute Gasteiger partial charge is 0.393 e. The Labute approximate surface area is 101 Å². The van der Waals surface area contributed by atoms with Crippen molar-refractivity contribution in [2.75, 3.05) is 0 Å². The first kappa shape index (κ1) is 12.9. The molecule has 0 aromatic carbocycles. The zero-order valence-electron chi connectivity index (χ0n) is 9.99. The average Bonchev–Trinajstić information content (AvgIpc) is 2.20. The van der Waals surface area contributed by atoms with Crippen molar-refractivity contribution < 1.29 is 0 Å². The van der Waals surface area contributed by atoms with E-state index in [9.17, 15) is 4.79 Å². The fourth-order valence-electron chi connectivity index (χ4n) is 1.36. The van der Waals surface area contributed by atoms with Crippen LogP contribution < -0.4 is 11.3 Å². The molecule has 0 fully saturated rings. The smallest absolute Gasteiger partial charge is 0.253 e. The minimum absolute atomic E-state index is 0.0567. The normalized spacial score (nSPS) is 11.4. The van der Waals surface area contributed by atoms with Gasteiger partial charge in [-0.3, -0.25) is 4.79 Å². The predicted octanol–water partition coefficient (Wildman–Crippen LogP) is 1.86. The maximum absolute atomic E-state index is 11.8. The van der Waals surface area contributed by atoms with Crippen LogP contribution in [0.5, 0.6) is 0 Å². The molecule has 0 aliphatic carbocycles. The third-order valence-electron chi connectivity index (χ3n) is 2.86. The van der Waals surface area contributed by atoms with Gasteiger partial charge in [0.1, 0.15) is 0 Å². The molecule has 0 unspecified atom stereocenters. The molecule has 0 amide bonds. The SMILES string of the molecule is Cc1cccn(CCC(C)(C)C(N)=S)c1=O. The second-order valence-corrected chi connectivity index (χ2v) is 5.13. The molecular formula is C12H18N2OS. The van der Waals surface area contributed by atoms with Crippen molar-refractivity contribution in [3.05, 3.63) is 34.2 Å². The van der Waals surface area contributed by atoms with Crippen LogP contribution in [0.1, 0.15) is 25.8 Å². The fourth-order valence-corrected chi connectivity index (χ4v) is 1.46. The highest BCUT2D eigenvalue weighted by atomic mass is 32.1. The zero-order valence-corrected chi connectivity index (χ0v) is 10.8. The Bertz CT molecular complexity index is 449. The Morgan fingerprint density at radius 2 is 2.19 bits per heavy atom. The monoisotopic (exact) mass is 238 g/mol. The minimum Gasteiger partial charge on any atom is -0.393 e. The lowest BCUT2D eigenvalue weighted by molar-refractivity contribution is 0.430. The molecule has 0 atom stereocenters. The Kier molecular flexibility index (Phi) is 3.86. The summed E-state index contributed by atoms with van der Waals surface area (Å²) in [5.41, 5.74) is 6.25. The number of hydrogen-bond donors (Lipinski definition) is 1. The lowest BCUT2D eigenvalue weighted by Crippen LogP contribution is -2.32. The molecule has 3 nitrogen and oxygen atoms in total. The van der Waals surface area contributed by atoms with Crippen molar-refractivity contribution in [3.63, 3.8) is 0 Å². The van der Waals surface area contributed by atoms with Crippen LogP contribution >= 0.6 is 12.2 Å². The summed E-state index contributed by atoms with van der Waals surface area (Å²) >= 11 is 5.00. The molecule has 0 aliphatic rings. The van der Waals surface area contributed by atoms with E-state index in [-0.39, 0.29) is 11.0 Å². The molecule has 16 heavy (non-hydrogen) atoms. The van der Waals surface area contributed by atoms with Gasteiger partial charge in [-0.2, -0.15) is 0 Å². The second kappa shape index (κ2) is 4.78. The first-order chi connectivity index (χ1) is 7.34. The molecule has 0 bridgehead atoms. The van der Waals surface area contributed by atoms with E-state index in [0.717, 1.165) is 12.0 Å². The van der Waals surface area contributed by atoms with Crippen LogP contribution in [0.2, 0.25) is 0 Å². The van der Waals surface area contributed by atoms with Gasteiger partial charge in [-0.05, 0) is 19.4 Å². The number of aromatic nitrogens is 1. The van der Waals surface area contributed by atoms with Gasteiger partial charge in [-0.15, -0.1) is 0 Å². The Morgan fingerprint density at radius 3 is 2.75 bits per heavy atom. The Morgan fingerprint density at radius 1 is 1.56 bits per heavy atom. The number of pyridine rings is 1. The average molecular weight is 238 g/mol. The number of aryl methyl sites for hydroxylation is 2. The highest BCUT2D eigenvalue weighted by Gasteiger charge is 2.21. The van der Waals surface area contributed by atoms with Gasteiger partial charge in [0.05, 0.1) is 4.99 Å². The highest BCUT2D eigenvalue weighted by Crippen LogP contribution is 2.20. The van der Waals surface area contributed by atoms with E-state index in [1.165, 1.54) is 0 Å². The molecule has 1 rings (SSSR count). The van der Waals surface area contributed by atoms with Crippen LogP contribution in [0, 0.1) is 12.3 Å². The summed E-state index contributed by atoms with van der Waals surface area (Å²) in [6.07, 6.45) is 2.57. The topological polar surface area (TPSA) is 48.0 Å². The molecule has 2 N–H and O–H groups in total. The number of nitrogens with zero attached hydrogens (tertiary/aromatic N) is 1. The molecule has 0 saturated heterocycles. The van der Waals surface area contributed by atoms with Crippen LogP contribution in [-0.4, -0.2) is 9.56 Å². The minimum atomic E-state index is -0.210. The molecule has 1 heterocycles. The van der Waals surface area contributed by atoms with E-state index in [0.29, 0.717) is 11.5 Å². The molecule has 0 aliphatic heterocycles. The predicted molar refractivity (Wildman–Crippen MR) is 70.6 cm³/mol. The first-order valence-electron chi connectivity index (χ1n) is 5.30. The van der Waals surface area contributed by atoms with E-state index in [1.807, 2.05) is 32.9 Å². The number of rotatable bonds is 4. The Balaban J connectivity index is 2.80. The Hall–Kier alpha value is -1.16. The quantitative estimate of drug-likeness (QED) is 0.814. The molecule has 88 valence electrons. The van der Waals surface area contributed by atoms with Gasteiger partial charge in [0.15, 0.2) is 0 Å². The van der Waals surface area contributed by atoms with E-state index in [2.05, 4.69) is 0 Å². The van der Waals surface area contributed by atoms with Crippen molar-refractivity contribution in [3.8, 4) is 0 Å². The molecule has 0 saturated carbocycles. The van der Waals surface area contributed by atoms with E-state index in [4.69, 9.17) is 18.0 Å². The molecule has 0 radical (unpaired) electrons. The number of hydrogen-bond acceptors (Lipinski definition) is 2. The van der Waals surface area contributed by atoms with Crippen LogP contribution in [0.25, 0.3) is 0 Å². The molecule has 1 aromatic heterocycles. The summed E-state index contributed by atoms with van der Waals surface area (Å²) in [4.78, 5) is 12.2. The summed E-state index contributed by atoms with van der Waals surface area (Å²) in [6.45, 7) is 6.45. The van der Waals surface area contributed by atoms with Crippen LogP contribution in [0.4, 0.5) is 0 Å². The summed E-state index contributed by atoms with van der Waals surface area (Å²) in [6, 6.07) is 3.70. The van der Waals surface area contributed by atoms with Crippen molar-refractivity contribution in [1.82, 2.24) is 4.57 Å². The first-order valence-corrected chi connectivity index (χ1v) is 5.71. The fraction of sp³-hybridized carbons (Fsp3) is 0.500. The van der Waals surface area contributed by atoms with E-state index in [1.54, 1.807) is 10.8 Å². The van der Waals surface area contributed by atoms with Crippen LogP contribution in [0.3, 0.4) is 0 Å². The number of nitrogens with two attached hydrogens (primary N) is 1. The van der Waals surface area contributed by atoms with Crippen LogP contribution in [-0.2, 0) is 6.54 Å². The maximum Gasteiger partial charge on any atom is 0.253 e. The lowest BCUT2D eigenvalue weighted by atomic mass is 9.89. The number of thiocarbonyl (C=S) groups is 1. The maximum atomic E-state index is 11.8. The second-order valence-electron chi connectivity index (χ2n) is 4.69. The molecule has 0 spiro atoms. The van der Waals surface area contributed by atoms with Gasteiger partial charge in [0.25, 0.3) is 5.56 Å². The van der Waals surface area contributed by atoms with Gasteiger partial charge in [-0.25, -0.2) is 0 Å². The van der Waals surface area contributed by atoms with Gasteiger partial charge >= 0.3 is 0 Å². The third-order valence-corrected chi connectivity index (χ3v) is 3.41. The van der Waals surface area contributed by atoms with Crippen molar-refractivity contribution in [1.29, 1.82) is 0 Å². The molecule has 1 aromatic rings. The van der Waals surface area contributed by atoms with Crippen molar-refractivity contribution >= 4 is 17.2 Å². The van der Waals surface area contributed by atoms with Gasteiger partial charge in [0, 0.05) is 23.7 Å². The molecule has 4 heteroatoms.